The number of pyridine rings is 1. The number of carbonyl (C=O) groups excluding carboxylic acids is 1. The van der Waals surface area contributed by atoms with Crippen LogP contribution < -0.4 is 9.74 Å². The van der Waals surface area contributed by atoms with Crippen molar-refractivity contribution in [2.75, 3.05) is 11.0 Å². The second-order valence-corrected chi connectivity index (χ2v) is 4.88. The van der Waals surface area contributed by atoms with Crippen molar-refractivity contribution < 1.29 is 9.18 Å². The second-order valence-electron chi connectivity index (χ2n) is 3.73. The molecule has 1 aliphatic heterocycles. The topological polar surface area (TPSA) is 45.2 Å². The fourth-order valence-corrected chi connectivity index (χ4v) is 2.18. The Balaban J connectivity index is 2.09. The summed E-state index contributed by atoms with van der Waals surface area (Å²) in [4.78, 5) is 16.0. The fourth-order valence-electron chi connectivity index (χ4n) is 1.64. The van der Waals surface area contributed by atoms with Gasteiger partial charge in [0, 0.05) is 24.7 Å². The summed E-state index contributed by atoms with van der Waals surface area (Å²) in [6.07, 6.45) is -0.847. The Kier molecular flexibility index (Phi) is 3.96. The van der Waals surface area contributed by atoms with Gasteiger partial charge in [0.15, 0.2) is 5.82 Å². The summed E-state index contributed by atoms with van der Waals surface area (Å²) in [5.74, 6) is -0.0763. The highest BCUT2D eigenvalue weighted by atomic mass is 79.9. The molecule has 0 spiro atoms. The van der Waals surface area contributed by atoms with E-state index in [0.29, 0.717) is 10.4 Å². The number of aromatic nitrogens is 1. The predicted molar refractivity (Wildman–Crippen MR) is 66.6 cm³/mol. The number of rotatable bonds is 2. The van der Waals surface area contributed by atoms with Crippen LogP contribution >= 0.6 is 27.7 Å². The smallest absolute Gasteiger partial charge is 0.260 e. The van der Waals surface area contributed by atoms with Gasteiger partial charge in [-0.15, -0.1) is 0 Å². The molecule has 1 N–H and O–H groups in total. The molecule has 4 nitrogen and oxygen atoms in total. The van der Waals surface area contributed by atoms with Gasteiger partial charge < -0.3 is 5.32 Å². The Morgan fingerprint density at radius 3 is 3.00 bits per heavy atom. The third-order valence-corrected chi connectivity index (χ3v) is 3.25. The average Bonchev–Trinajstić information content (AvgIpc) is 2.74. The molecule has 0 bridgehead atoms. The van der Waals surface area contributed by atoms with Gasteiger partial charge in [-0.1, -0.05) is 6.07 Å². The van der Waals surface area contributed by atoms with E-state index < -0.39 is 18.1 Å². The van der Waals surface area contributed by atoms with Gasteiger partial charge in [0.2, 0.25) is 0 Å². The molecule has 2 atom stereocenters. The summed E-state index contributed by atoms with van der Waals surface area (Å²) in [7, 11) is 0. The van der Waals surface area contributed by atoms with Crippen molar-refractivity contribution in [1.29, 1.82) is 0 Å². The van der Waals surface area contributed by atoms with E-state index >= 15 is 0 Å². The van der Waals surface area contributed by atoms with Gasteiger partial charge in [0.25, 0.3) is 5.91 Å². The first-order valence-electron chi connectivity index (χ1n) is 5.07. The summed E-state index contributed by atoms with van der Waals surface area (Å²) in [6, 6.07) is 4.47. The summed E-state index contributed by atoms with van der Waals surface area (Å²) in [5.41, 5.74) is 0. The van der Waals surface area contributed by atoms with Gasteiger partial charge in [-0.25, -0.2) is 13.8 Å². The maximum absolute atomic E-state index is 13.0. The van der Waals surface area contributed by atoms with Crippen molar-refractivity contribution in [3.8, 4) is 0 Å². The number of nitrogens with one attached hydrogen (secondary N) is 1. The van der Waals surface area contributed by atoms with E-state index in [4.69, 9.17) is 11.8 Å². The van der Waals surface area contributed by atoms with Crippen molar-refractivity contribution in [3.05, 3.63) is 22.8 Å². The number of carbonyl (C=O) groups is 1. The van der Waals surface area contributed by atoms with E-state index in [1.807, 2.05) is 0 Å². The molecule has 2 heterocycles. The van der Waals surface area contributed by atoms with Crippen molar-refractivity contribution in [1.82, 2.24) is 10.3 Å². The highest BCUT2D eigenvalue weighted by molar-refractivity contribution is 9.10. The quantitative estimate of drug-likeness (QED) is 0.669. The van der Waals surface area contributed by atoms with E-state index in [1.165, 1.54) is 0 Å². The van der Waals surface area contributed by atoms with Gasteiger partial charge in [0.05, 0.1) is 6.04 Å². The molecule has 17 heavy (non-hydrogen) atoms. The minimum atomic E-state index is -0.996. The molecule has 7 heteroatoms. The Morgan fingerprint density at radius 2 is 2.41 bits per heavy atom. The summed E-state index contributed by atoms with van der Waals surface area (Å²) < 4.78 is 14.5. The van der Waals surface area contributed by atoms with Gasteiger partial charge in [-0.05, 0) is 28.1 Å². The van der Waals surface area contributed by atoms with Crippen LogP contribution in [0.25, 0.3) is 0 Å². The first kappa shape index (κ1) is 12.7. The summed E-state index contributed by atoms with van der Waals surface area (Å²) in [6.45, 7) is 0.188. The molecule has 1 saturated heterocycles. The Bertz CT molecular complexity index is 434. The molecule has 1 amide bonds. The van der Waals surface area contributed by atoms with E-state index in [2.05, 4.69) is 26.2 Å². The molecule has 1 aromatic rings. The van der Waals surface area contributed by atoms with Crippen LogP contribution in [0, 0.1) is 0 Å². The Morgan fingerprint density at radius 1 is 1.65 bits per heavy atom. The first-order valence-corrected chi connectivity index (χ1v) is 6.21. The normalized spacial score (nSPS) is 23.7. The van der Waals surface area contributed by atoms with Crippen LogP contribution in [0.4, 0.5) is 10.2 Å². The van der Waals surface area contributed by atoms with Crippen LogP contribution in [-0.4, -0.2) is 29.6 Å². The maximum atomic E-state index is 13.0. The van der Waals surface area contributed by atoms with E-state index in [1.54, 1.807) is 18.2 Å². The van der Waals surface area contributed by atoms with Gasteiger partial charge in [0.1, 0.15) is 10.8 Å². The molecule has 0 aliphatic carbocycles. The van der Waals surface area contributed by atoms with Crippen molar-refractivity contribution in [3.63, 3.8) is 0 Å². The van der Waals surface area contributed by atoms with Gasteiger partial charge in [-0.3, -0.25) is 4.79 Å². The standard InChI is InChI=1S/C10H10BrClFN3O/c11-8-2-1-3-9(15-8)16(12)10(17)7-4-6(13)5-14-7/h1-3,6-7,14H,4-5H2/t6-,7+/m1/s1. The van der Waals surface area contributed by atoms with Crippen LogP contribution in [0.1, 0.15) is 6.42 Å². The zero-order chi connectivity index (χ0) is 12.4. The maximum Gasteiger partial charge on any atom is 0.260 e. The largest absolute Gasteiger partial charge is 0.303 e. The van der Waals surface area contributed by atoms with Crippen LogP contribution in [0.2, 0.25) is 0 Å². The molecule has 1 aliphatic rings. The third kappa shape index (κ3) is 2.94. The second kappa shape index (κ2) is 5.29. The molecule has 0 saturated carbocycles. The lowest BCUT2D eigenvalue weighted by atomic mass is 10.2. The number of nitrogens with zero attached hydrogens (tertiary/aromatic N) is 2. The lowest BCUT2D eigenvalue weighted by molar-refractivity contribution is -0.119. The lowest BCUT2D eigenvalue weighted by Crippen LogP contribution is -2.39. The van der Waals surface area contributed by atoms with Gasteiger partial charge in [-0.2, -0.15) is 0 Å². The average molecular weight is 323 g/mol. The van der Waals surface area contributed by atoms with Crippen LogP contribution in [0.5, 0.6) is 0 Å². The number of halogens is 3. The zero-order valence-corrected chi connectivity index (χ0v) is 11.1. The first-order chi connectivity index (χ1) is 8.08. The van der Waals surface area contributed by atoms with E-state index in [9.17, 15) is 9.18 Å². The Hall–Kier alpha value is -0.720. The molecular formula is C10H10BrClFN3O. The molecule has 92 valence electrons. The molecular weight excluding hydrogens is 312 g/mol. The number of hydrogen-bond acceptors (Lipinski definition) is 3. The lowest BCUT2D eigenvalue weighted by Gasteiger charge is -2.17. The zero-order valence-electron chi connectivity index (χ0n) is 8.74. The number of amides is 1. The predicted octanol–water partition coefficient (Wildman–Crippen LogP) is 2.03. The number of anilines is 1. The summed E-state index contributed by atoms with van der Waals surface area (Å²) in [5, 5.41) is 2.78. The molecule has 0 radical (unpaired) electrons. The number of hydrogen-bond donors (Lipinski definition) is 1. The molecule has 1 fully saturated rings. The Labute approximate surface area is 111 Å². The van der Waals surface area contributed by atoms with Crippen molar-refractivity contribution in [2.24, 2.45) is 0 Å². The molecule has 0 unspecified atom stereocenters. The fraction of sp³-hybridized carbons (Fsp3) is 0.400. The minimum absolute atomic E-state index is 0.149. The molecule has 1 aromatic heterocycles. The molecule has 0 aromatic carbocycles. The van der Waals surface area contributed by atoms with Crippen LogP contribution in [0.3, 0.4) is 0 Å². The monoisotopic (exact) mass is 321 g/mol. The molecule has 2 rings (SSSR count). The highest BCUT2D eigenvalue weighted by Gasteiger charge is 2.32. The SMILES string of the molecule is O=C([C@@H]1C[C@@H](F)CN1)N(Cl)c1cccc(Br)n1. The highest BCUT2D eigenvalue weighted by Crippen LogP contribution is 2.20. The van der Waals surface area contributed by atoms with Gasteiger partial charge >= 0.3 is 0 Å². The van der Waals surface area contributed by atoms with Crippen LogP contribution in [0.15, 0.2) is 22.8 Å². The third-order valence-electron chi connectivity index (χ3n) is 2.47. The van der Waals surface area contributed by atoms with E-state index in [-0.39, 0.29) is 13.0 Å². The van der Waals surface area contributed by atoms with Crippen molar-refractivity contribution >= 4 is 39.4 Å². The van der Waals surface area contributed by atoms with Crippen LogP contribution in [-0.2, 0) is 4.79 Å². The van der Waals surface area contributed by atoms with Crippen molar-refractivity contribution in [2.45, 2.75) is 18.6 Å². The van der Waals surface area contributed by atoms with E-state index in [0.717, 1.165) is 4.42 Å². The summed E-state index contributed by atoms with van der Waals surface area (Å²) >= 11 is 9.08. The minimum Gasteiger partial charge on any atom is -0.303 e. The number of alkyl halides is 1.